The fourth-order valence-electron chi connectivity index (χ4n) is 3.16. The van der Waals surface area contributed by atoms with Gasteiger partial charge in [0.25, 0.3) is 11.8 Å². The Morgan fingerprint density at radius 3 is 2.57 bits per heavy atom. The lowest BCUT2D eigenvalue weighted by Crippen LogP contribution is -2.49. The van der Waals surface area contributed by atoms with E-state index in [4.69, 9.17) is 4.52 Å². The van der Waals surface area contributed by atoms with Crippen molar-refractivity contribution in [3.05, 3.63) is 35.7 Å². The summed E-state index contributed by atoms with van der Waals surface area (Å²) in [7, 11) is 0. The van der Waals surface area contributed by atoms with Crippen LogP contribution >= 0.6 is 0 Å². The smallest absolute Gasteiger partial charge is 0.258 e. The Labute approximate surface area is 135 Å². The summed E-state index contributed by atoms with van der Waals surface area (Å²) in [6.45, 7) is 5.28. The summed E-state index contributed by atoms with van der Waals surface area (Å²) < 4.78 is 5.25. The van der Waals surface area contributed by atoms with Crippen molar-refractivity contribution in [3.8, 4) is 11.5 Å². The molecule has 23 heavy (non-hydrogen) atoms. The molecule has 0 radical (unpaired) electrons. The summed E-state index contributed by atoms with van der Waals surface area (Å²) in [6, 6.07) is 8.23. The molecule has 2 heterocycles. The molecule has 0 N–H and O–H groups in total. The Kier molecular flexibility index (Phi) is 3.61. The van der Waals surface area contributed by atoms with Crippen molar-refractivity contribution in [2.45, 2.75) is 25.8 Å². The Bertz CT molecular complexity index is 715. The van der Waals surface area contributed by atoms with Gasteiger partial charge >= 0.3 is 0 Å². The van der Waals surface area contributed by atoms with Crippen molar-refractivity contribution in [1.82, 2.24) is 19.9 Å². The minimum absolute atomic E-state index is 0.0481. The number of aryl methyl sites for hydroxylation is 1. The van der Waals surface area contributed by atoms with Gasteiger partial charge in [0.05, 0.1) is 11.1 Å². The van der Waals surface area contributed by atoms with Gasteiger partial charge in [0.1, 0.15) is 0 Å². The highest BCUT2D eigenvalue weighted by atomic mass is 16.5. The minimum atomic E-state index is 0.0481. The van der Waals surface area contributed by atoms with Gasteiger partial charge in [0.2, 0.25) is 0 Å². The summed E-state index contributed by atoms with van der Waals surface area (Å²) in [5.74, 6) is 1.02. The highest BCUT2D eigenvalue weighted by molar-refractivity contribution is 6.00. The SMILES string of the molecule is Cc1noc(-c2ccccc2C(=O)N2CCN(C3CC3)CC2)n1. The molecular weight excluding hydrogens is 292 g/mol. The summed E-state index contributed by atoms with van der Waals surface area (Å²) in [4.78, 5) is 21.6. The van der Waals surface area contributed by atoms with E-state index in [-0.39, 0.29) is 5.91 Å². The van der Waals surface area contributed by atoms with Crippen LogP contribution < -0.4 is 0 Å². The third kappa shape index (κ3) is 2.86. The first kappa shape index (κ1) is 14.4. The Morgan fingerprint density at radius 2 is 1.91 bits per heavy atom. The Hall–Kier alpha value is -2.21. The van der Waals surface area contributed by atoms with Crippen LogP contribution in [0.15, 0.2) is 28.8 Å². The van der Waals surface area contributed by atoms with Crippen LogP contribution in [0.2, 0.25) is 0 Å². The molecule has 0 atom stereocenters. The first-order chi connectivity index (χ1) is 11.2. The molecule has 4 rings (SSSR count). The number of benzene rings is 1. The second-order valence-corrected chi connectivity index (χ2v) is 6.25. The van der Waals surface area contributed by atoms with Crippen LogP contribution in [0.1, 0.15) is 29.0 Å². The molecule has 0 bridgehead atoms. The second kappa shape index (κ2) is 5.77. The van der Waals surface area contributed by atoms with E-state index in [9.17, 15) is 4.79 Å². The minimum Gasteiger partial charge on any atom is -0.336 e. The van der Waals surface area contributed by atoms with Crippen molar-refractivity contribution in [1.29, 1.82) is 0 Å². The third-order valence-corrected chi connectivity index (χ3v) is 4.58. The lowest BCUT2D eigenvalue weighted by Gasteiger charge is -2.35. The third-order valence-electron chi connectivity index (χ3n) is 4.58. The van der Waals surface area contributed by atoms with E-state index in [1.807, 2.05) is 29.2 Å². The molecule has 1 aliphatic carbocycles. The van der Waals surface area contributed by atoms with Gasteiger partial charge in [-0.25, -0.2) is 0 Å². The van der Waals surface area contributed by atoms with Crippen LogP contribution in [-0.4, -0.2) is 58.1 Å². The molecule has 6 heteroatoms. The topological polar surface area (TPSA) is 62.5 Å². The number of aromatic nitrogens is 2. The number of piperazine rings is 1. The quantitative estimate of drug-likeness (QED) is 0.867. The molecule has 2 aromatic rings. The molecule has 0 unspecified atom stereocenters. The molecule has 0 spiro atoms. The number of hydrogen-bond donors (Lipinski definition) is 0. The number of nitrogens with zero attached hydrogens (tertiary/aromatic N) is 4. The van der Waals surface area contributed by atoms with Gasteiger partial charge < -0.3 is 9.42 Å². The van der Waals surface area contributed by atoms with Crippen LogP contribution in [0, 0.1) is 6.92 Å². The number of carbonyl (C=O) groups is 1. The zero-order valence-electron chi connectivity index (χ0n) is 13.2. The lowest BCUT2D eigenvalue weighted by atomic mass is 10.1. The number of amides is 1. The van der Waals surface area contributed by atoms with E-state index in [0.29, 0.717) is 22.8 Å². The summed E-state index contributed by atoms with van der Waals surface area (Å²) >= 11 is 0. The average molecular weight is 312 g/mol. The zero-order valence-corrected chi connectivity index (χ0v) is 13.2. The van der Waals surface area contributed by atoms with Crippen LogP contribution in [-0.2, 0) is 0 Å². The number of rotatable bonds is 3. The van der Waals surface area contributed by atoms with Crippen molar-refractivity contribution >= 4 is 5.91 Å². The summed E-state index contributed by atoms with van der Waals surface area (Å²) in [5.41, 5.74) is 1.35. The molecule has 2 aliphatic rings. The highest BCUT2D eigenvalue weighted by Crippen LogP contribution is 2.28. The standard InChI is InChI=1S/C17H20N4O2/c1-12-18-16(23-19-12)14-4-2-3-5-15(14)17(22)21-10-8-20(9-11-21)13-6-7-13/h2-5,13H,6-11H2,1H3. The van der Waals surface area contributed by atoms with Gasteiger partial charge in [0, 0.05) is 32.2 Å². The lowest BCUT2D eigenvalue weighted by molar-refractivity contribution is 0.0627. The van der Waals surface area contributed by atoms with Gasteiger partial charge in [-0.2, -0.15) is 4.98 Å². The number of carbonyl (C=O) groups excluding carboxylic acids is 1. The predicted molar refractivity (Wildman–Crippen MR) is 85.0 cm³/mol. The molecule has 1 aliphatic heterocycles. The van der Waals surface area contributed by atoms with E-state index in [1.165, 1.54) is 12.8 Å². The van der Waals surface area contributed by atoms with E-state index in [2.05, 4.69) is 15.0 Å². The van der Waals surface area contributed by atoms with Crippen LogP contribution in [0.4, 0.5) is 0 Å². The van der Waals surface area contributed by atoms with Gasteiger partial charge in [-0.1, -0.05) is 17.3 Å². The Balaban J connectivity index is 1.54. The van der Waals surface area contributed by atoms with Gasteiger partial charge in [-0.15, -0.1) is 0 Å². The van der Waals surface area contributed by atoms with Gasteiger partial charge in [-0.3, -0.25) is 9.69 Å². The fourth-order valence-corrected chi connectivity index (χ4v) is 3.16. The maximum absolute atomic E-state index is 12.9. The number of hydrogen-bond acceptors (Lipinski definition) is 5. The van der Waals surface area contributed by atoms with Gasteiger partial charge in [-0.05, 0) is 31.9 Å². The molecule has 120 valence electrons. The maximum atomic E-state index is 12.9. The molecule has 1 amide bonds. The van der Waals surface area contributed by atoms with E-state index < -0.39 is 0 Å². The molecule has 1 saturated carbocycles. The van der Waals surface area contributed by atoms with Crippen molar-refractivity contribution < 1.29 is 9.32 Å². The van der Waals surface area contributed by atoms with E-state index >= 15 is 0 Å². The first-order valence-electron chi connectivity index (χ1n) is 8.15. The molecule has 1 saturated heterocycles. The highest BCUT2D eigenvalue weighted by Gasteiger charge is 2.33. The van der Waals surface area contributed by atoms with E-state index in [0.717, 1.165) is 32.2 Å². The molecule has 6 nitrogen and oxygen atoms in total. The molecule has 2 fully saturated rings. The van der Waals surface area contributed by atoms with Crippen LogP contribution in [0.5, 0.6) is 0 Å². The van der Waals surface area contributed by atoms with Crippen LogP contribution in [0.3, 0.4) is 0 Å². The largest absolute Gasteiger partial charge is 0.336 e. The van der Waals surface area contributed by atoms with Gasteiger partial charge in [0.15, 0.2) is 5.82 Å². The first-order valence-corrected chi connectivity index (χ1v) is 8.15. The Morgan fingerprint density at radius 1 is 1.17 bits per heavy atom. The average Bonchev–Trinajstić information content (AvgIpc) is 3.36. The maximum Gasteiger partial charge on any atom is 0.258 e. The van der Waals surface area contributed by atoms with Crippen molar-refractivity contribution in [3.63, 3.8) is 0 Å². The zero-order chi connectivity index (χ0) is 15.8. The van der Waals surface area contributed by atoms with Crippen LogP contribution in [0.25, 0.3) is 11.5 Å². The van der Waals surface area contributed by atoms with Crippen molar-refractivity contribution in [2.75, 3.05) is 26.2 Å². The molecule has 1 aromatic carbocycles. The van der Waals surface area contributed by atoms with E-state index in [1.54, 1.807) is 6.92 Å². The summed E-state index contributed by atoms with van der Waals surface area (Å²) in [6.07, 6.45) is 2.63. The normalized spacial score (nSPS) is 19.1. The fraction of sp³-hybridized carbons (Fsp3) is 0.471. The molecule has 1 aromatic heterocycles. The second-order valence-electron chi connectivity index (χ2n) is 6.25. The monoisotopic (exact) mass is 312 g/mol. The predicted octanol–water partition coefficient (Wildman–Crippen LogP) is 1.97. The summed E-state index contributed by atoms with van der Waals surface area (Å²) in [5, 5.41) is 3.82. The van der Waals surface area contributed by atoms with Crippen molar-refractivity contribution in [2.24, 2.45) is 0 Å². The molecular formula is C17H20N4O2.